The monoisotopic (exact) mass is 303 g/mol. The molecule has 1 fully saturated rings. The first-order valence-electron chi connectivity index (χ1n) is 5.58. The third-order valence-corrected chi connectivity index (χ3v) is 4.34. The van der Waals surface area contributed by atoms with E-state index in [0.29, 0.717) is 27.9 Å². The minimum absolute atomic E-state index is 0.345. The highest BCUT2D eigenvalue weighted by Crippen LogP contribution is 2.48. The van der Waals surface area contributed by atoms with Crippen LogP contribution in [0, 0.1) is 0 Å². The molecular weight excluding hydrogens is 293 g/mol. The van der Waals surface area contributed by atoms with Crippen molar-refractivity contribution in [3.63, 3.8) is 0 Å². The molecule has 1 aromatic rings. The Kier molecular flexibility index (Phi) is 3.32. The fraction of sp³-hybridized carbons (Fsp3) is 0.455. The average molecular weight is 304 g/mol. The van der Waals surface area contributed by atoms with Crippen molar-refractivity contribution in [2.24, 2.45) is 8.73 Å². The summed E-state index contributed by atoms with van der Waals surface area (Å²) in [6.45, 7) is 0. The van der Waals surface area contributed by atoms with Gasteiger partial charge in [0.05, 0.1) is 33.2 Å². The Morgan fingerprint density at radius 1 is 1.28 bits per heavy atom. The number of ether oxygens (including phenoxy) is 1. The molecule has 2 aliphatic rings. The van der Waals surface area contributed by atoms with Gasteiger partial charge in [0.25, 0.3) is 0 Å². The number of nitrogens with zero attached hydrogens (tertiary/aromatic N) is 2. The number of nitrogens with one attached hydrogen (secondary N) is 1. The lowest BCUT2D eigenvalue weighted by Gasteiger charge is -2.35. The SMILES string of the molecule is COC1CC(Nc2c(Cl)cc(Cl)c3c2N=S=N3)C1. The van der Waals surface area contributed by atoms with E-state index in [1.54, 1.807) is 13.2 Å². The highest BCUT2D eigenvalue weighted by molar-refractivity contribution is 7.58. The summed E-state index contributed by atoms with van der Waals surface area (Å²) in [5, 5.41) is 4.52. The van der Waals surface area contributed by atoms with E-state index in [9.17, 15) is 0 Å². The molecule has 3 rings (SSSR count). The van der Waals surface area contributed by atoms with E-state index in [0.717, 1.165) is 35.6 Å². The summed E-state index contributed by atoms with van der Waals surface area (Å²) in [6.07, 6.45) is 2.31. The molecule has 1 aliphatic carbocycles. The molecule has 1 heterocycles. The topological polar surface area (TPSA) is 46.0 Å². The Labute approximate surface area is 119 Å². The van der Waals surface area contributed by atoms with Crippen LogP contribution in [0.4, 0.5) is 17.1 Å². The number of fused-ring (bicyclic) bond motifs is 1. The van der Waals surface area contributed by atoms with Crippen molar-refractivity contribution in [2.45, 2.75) is 25.0 Å². The van der Waals surface area contributed by atoms with Gasteiger partial charge in [-0.25, -0.2) is 0 Å². The number of methoxy groups -OCH3 is 1. The second kappa shape index (κ2) is 4.81. The van der Waals surface area contributed by atoms with E-state index in [2.05, 4.69) is 14.0 Å². The third kappa shape index (κ3) is 2.05. The Balaban J connectivity index is 1.85. The molecule has 1 aromatic carbocycles. The molecular formula is C11H11Cl2N3OS. The average Bonchev–Trinajstić information content (AvgIpc) is 2.75. The van der Waals surface area contributed by atoms with Crippen LogP contribution in [0.15, 0.2) is 14.8 Å². The van der Waals surface area contributed by atoms with Gasteiger partial charge in [0, 0.05) is 13.2 Å². The lowest BCUT2D eigenvalue weighted by atomic mass is 9.89. The second-order valence-corrected chi connectivity index (χ2v) is 5.69. The Morgan fingerprint density at radius 3 is 2.72 bits per heavy atom. The molecule has 1 aliphatic heterocycles. The summed E-state index contributed by atoms with van der Waals surface area (Å²) in [7, 11) is 1.73. The van der Waals surface area contributed by atoms with Crippen LogP contribution in [-0.4, -0.2) is 19.3 Å². The van der Waals surface area contributed by atoms with E-state index >= 15 is 0 Å². The first-order chi connectivity index (χ1) is 8.69. The van der Waals surface area contributed by atoms with Crippen LogP contribution in [-0.2, 0) is 16.1 Å². The zero-order valence-corrected chi connectivity index (χ0v) is 11.9. The molecule has 0 atom stereocenters. The lowest BCUT2D eigenvalue weighted by molar-refractivity contribution is 0.0329. The Morgan fingerprint density at radius 2 is 2.00 bits per heavy atom. The van der Waals surface area contributed by atoms with Crippen LogP contribution in [0.2, 0.25) is 10.0 Å². The van der Waals surface area contributed by atoms with Crippen LogP contribution >= 0.6 is 23.2 Å². The molecule has 0 unspecified atom stereocenters. The molecule has 1 N–H and O–H groups in total. The zero-order chi connectivity index (χ0) is 12.7. The fourth-order valence-corrected chi connectivity index (χ4v) is 3.26. The van der Waals surface area contributed by atoms with Crippen molar-refractivity contribution in [3.05, 3.63) is 16.1 Å². The van der Waals surface area contributed by atoms with Gasteiger partial charge in [-0.15, -0.1) is 0 Å². The molecule has 1 saturated carbocycles. The maximum absolute atomic E-state index is 6.22. The maximum Gasteiger partial charge on any atom is 0.130 e. The molecule has 0 bridgehead atoms. The number of hydrogen-bond acceptors (Lipinski definition) is 4. The van der Waals surface area contributed by atoms with Gasteiger partial charge < -0.3 is 10.1 Å². The minimum Gasteiger partial charge on any atom is -0.381 e. The van der Waals surface area contributed by atoms with Crippen LogP contribution in [0.25, 0.3) is 0 Å². The minimum atomic E-state index is 0.345. The molecule has 0 amide bonds. The number of hydrogen-bond donors (Lipinski definition) is 1. The molecule has 96 valence electrons. The third-order valence-electron chi connectivity index (χ3n) is 3.22. The highest BCUT2D eigenvalue weighted by atomic mass is 35.5. The number of anilines is 1. The number of halogens is 2. The van der Waals surface area contributed by atoms with E-state index in [-0.39, 0.29) is 0 Å². The fourth-order valence-electron chi connectivity index (χ4n) is 2.09. The maximum atomic E-state index is 6.22. The largest absolute Gasteiger partial charge is 0.381 e. The van der Waals surface area contributed by atoms with Crippen LogP contribution in [0.1, 0.15) is 12.8 Å². The van der Waals surface area contributed by atoms with Crippen molar-refractivity contribution in [3.8, 4) is 0 Å². The van der Waals surface area contributed by atoms with Gasteiger partial charge in [-0.1, -0.05) is 23.2 Å². The molecule has 0 radical (unpaired) electrons. The predicted molar refractivity (Wildman–Crippen MR) is 75.4 cm³/mol. The number of rotatable bonds is 3. The summed E-state index contributed by atoms with van der Waals surface area (Å²) in [5.74, 6) is 0. The summed E-state index contributed by atoms with van der Waals surface area (Å²) in [5.41, 5.74) is 2.28. The Bertz CT molecular complexity index is 566. The smallest absolute Gasteiger partial charge is 0.130 e. The summed E-state index contributed by atoms with van der Waals surface area (Å²) < 4.78 is 13.7. The van der Waals surface area contributed by atoms with Gasteiger partial charge in [-0.05, 0) is 18.9 Å². The molecule has 7 heteroatoms. The van der Waals surface area contributed by atoms with Crippen LogP contribution < -0.4 is 5.32 Å². The standard InChI is InChI=1S/C11H11Cl2N3OS/c1-17-6-2-5(3-6)14-9-7(12)4-8(13)10-11(9)16-18-15-10/h4-6,14H,2-3H2,1H3. The van der Waals surface area contributed by atoms with Gasteiger partial charge in [-0.2, -0.15) is 8.73 Å². The van der Waals surface area contributed by atoms with Gasteiger partial charge in [0.15, 0.2) is 0 Å². The summed E-state index contributed by atoms with van der Waals surface area (Å²) in [4.78, 5) is 0. The van der Waals surface area contributed by atoms with E-state index in [1.807, 2.05) is 0 Å². The summed E-state index contributed by atoms with van der Waals surface area (Å²) >= 11 is 13.4. The van der Waals surface area contributed by atoms with Gasteiger partial charge in [-0.3, -0.25) is 0 Å². The molecule has 4 nitrogen and oxygen atoms in total. The first-order valence-corrected chi connectivity index (χ1v) is 7.07. The predicted octanol–water partition coefficient (Wildman–Crippen LogP) is 4.31. The van der Waals surface area contributed by atoms with Gasteiger partial charge >= 0.3 is 0 Å². The molecule has 0 aromatic heterocycles. The second-order valence-electron chi connectivity index (χ2n) is 4.35. The highest BCUT2D eigenvalue weighted by Gasteiger charge is 2.30. The summed E-state index contributed by atoms with van der Waals surface area (Å²) in [6, 6.07) is 2.08. The van der Waals surface area contributed by atoms with E-state index in [4.69, 9.17) is 27.9 Å². The first kappa shape index (κ1) is 12.4. The van der Waals surface area contributed by atoms with Crippen molar-refractivity contribution < 1.29 is 4.74 Å². The quantitative estimate of drug-likeness (QED) is 0.918. The van der Waals surface area contributed by atoms with Gasteiger partial charge in [0.2, 0.25) is 0 Å². The number of benzene rings is 1. The molecule has 0 saturated heterocycles. The van der Waals surface area contributed by atoms with Gasteiger partial charge in [0.1, 0.15) is 11.4 Å². The van der Waals surface area contributed by atoms with E-state index in [1.165, 1.54) is 0 Å². The van der Waals surface area contributed by atoms with Crippen LogP contribution in [0.5, 0.6) is 0 Å². The zero-order valence-electron chi connectivity index (χ0n) is 9.61. The molecule has 0 spiro atoms. The van der Waals surface area contributed by atoms with Crippen molar-refractivity contribution in [1.29, 1.82) is 0 Å². The van der Waals surface area contributed by atoms with E-state index < -0.39 is 0 Å². The van der Waals surface area contributed by atoms with Crippen molar-refractivity contribution in [1.82, 2.24) is 0 Å². The van der Waals surface area contributed by atoms with Crippen LogP contribution in [0.3, 0.4) is 0 Å². The normalized spacial score (nSPS) is 24.4. The lowest BCUT2D eigenvalue weighted by Crippen LogP contribution is -2.40. The van der Waals surface area contributed by atoms with Crippen molar-refractivity contribution >= 4 is 51.6 Å². The van der Waals surface area contributed by atoms with Crippen molar-refractivity contribution in [2.75, 3.05) is 12.4 Å². The Hall–Kier alpha value is -0.620. The molecule has 18 heavy (non-hydrogen) atoms.